The number of non-ortho nitro benzene ring substituents is 1. The predicted octanol–water partition coefficient (Wildman–Crippen LogP) is 2.31. The minimum atomic E-state index is -0.643. The molecule has 0 aliphatic carbocycles. The molecular weight excluding hydrogens is 227 g/mol. The summed E-state index contributed by atoms with van der Waals surface area (Å²) >= 11 is 0. The highest BCUT2D eigenvalue weighted by Gasteiger charge is 2.11. The van der Waals surface area contributed by atoms with Crippen LogP contribution in [0.3, 0.4) is 0 Å². The van der Waals surface area contributed by atoms with E-state index in [0.29, 0.717) is 18.5 Å². The lowest BCUT2D eigenvalue weighted by molar-refractivity contribution is -0.385. The maximum Gasteiger partial charge on any atom is 0.274 e. The van der Waals surface area contributed by atoms with Gasteiger partial charge in [-0.15, -0.1) is 0 Å². The third-order valence-corrected chi connectivity index (χ3v) is 2.30. The van der Waals surface area contributed by atoms with Crippen LogP contribution in [-0.2, 0) is 0 Å². The molecule has 5 nitrogen and oxygen atoms in total. The van der Waals surface area contributed by atoms with Gasteiger partial charge in [0.1, 0.15) is 5.82 Å². The van der Waals surface area contributed by atoms with Crippen molar-refractivity contribution in [1.82, 2.24) is 0 Å². The number of aliphatic hydroxyl groups excluding tert-OH is 1. The average Bonchev–Trinajstić information content (AvgIpc) is 2.25. The molecule has 0 amide bonds. The number of nitro groups is 1. The Labute approximate surface area is 98.4 Å². The quantitative estimate of drug-likeness (QED) is 0.593. The molecule has 0 saturated carbocycles. The summed E-state index contributed by atoms with van der Waals surface area (Å²) in [6, 6.07) is 3.40. The normalized spacial score (nSPS) is 12.2. The van der Waals surface area contributed by atoms with E-state index in [4.69, 9.17) is 5.11 Å². The highest BCUT2D eigenvalue weighted by Crippen LogP contribution is 2.21. The van der Waals surface area contributed by atoms with Gasteiger partial charge in [-0.1, -0.05) is 0 Å². The van der Waals surface area contributed by atoms with Gasteiger partial charge in [-0.25, -0.2) is 4.39 Å². The van der Waals surface area contributed by atoms with Crippen molar-refractivity contribution in [3.05, 3.63) is 34.1 Å². The number of anilines is 1. The van der Waals surface area contributed by atoms with Crippen molar-refractivity contribution >= 4 is 11.4 Å². The molecular formula is C11H15FN2O3. The molecule has 1 atom stereocenters. The lowest BCUT2D eigenvalue weighted by atomic mass is 10.1. The minimum Gasteiger partial charge on any atom is -0.396 e. The van der Waals surface area contributed by atoms with E-state index in [-0.39, 0.29) is 18.3 Å². The van der Waals surface area contributed by atoms with E-state index in [0.717, 1.165) is 6.07 Å². The van der Waals surface area contributed by atoms with E-state index in [9.17, 15) is 14.5 Å². The van der Waals surface area contributed by atoms with Gasteiger partial charge >= 0.3 is 0 Å². The van der Waals surface area contributed by atoms with Gasteiger partial charge in [0.05, 0.1) is 11.0 Å². The number of nitrogens with one attached hydrogen (secondary N) is 1. The second-order valence-electron chi connectivity index (χ2n) is 3.87. The molecule has 0 fully saturated rings. The van der Waals surface area contributed by atoms with Crippen LogP contribution in [-0.4, -0.2) is 22.7 Å². The zero-order chi connectivity index (χ0) is 12.8. The van der Waals surface area contributed by atoms with Crippen LogP contribution in [0.25, 0.3) is 0 Å². The number of rotatable bonds is 6. The Hall–Kier alpha value is -1.69. The van der Waals surface area contributed by atoms with Crippen LogP contribution in [0.15, 0.2) is 18.2 Å². The zero-order valence-electron chi connectivity index (χ0n) is 9.52. The maximum absolute atomic E-state index is 13.1. The topological polar surface area (TPSA) is 75.4 Å². The predicted molar refractivity (Wildman–Crippen MR) is 62.5 cm³/mol. The van der Waals surface area contributed by atoms with Crippen molar-refractivity contribution in [1.29, 1.82) is 0 Å². The smallest absolute Gasteiger partial charge is 0.274 e. The Morgan fingerprint density at radius 1 is 1.53 bits per heavy atom. The first-order chi connectivity index (χ1) is 8.02. The van der Waals surface area contributed by atoms with E-state index in [1.54, 1.807) is 0 Å². The second kappa shape index (κ2) is 6.15. The summed E-state index contributed by atoms with van der Waals surface area (Å²) in [5, 5.41) is 22.2. The fourth-order valence-electron chi connectivity index (χ4n) is 1.52. The van der Waals surface area contributed by atoms with Gasteiger partial charge in [0.25, 0.3) is 5.69 Å². The van der Waals surface area contributed by atoms with Gasteiger partial charge in [0.15, 0.2) is 0 Å². The van der Waals surface area contributed by atoms with Crippen LogP contribution in [0, 0.1) is 15.9 Å². The molecule has 1 unspecified atom stereocenters. The third-order valence-electron chi connectivity index (χ3n) is 2.30. The standard InChI is InChI=1S/C11H15FN2O3/c1-8(3-2-4-15)13-10-5-9(12)6-11(7-10)14(16)17/h5-8,13,15H,2-4H2,1H3. The summed E-state index contributed by atoms with van der Waals surface area (Å²) in [6.45, 7) is 1.96. The van der Waals surface area contributed by atoms with E-state index < -0.39 is 10.7 Å². The van der Waals surface area contributed by atoms with E-state index >= 15 is 0 Å². The first kappa shape index (κ1) is 13.4. The number of aliphatic hydroxyl groups is 1. The van der Waals surface area contributed by atoms with Crippen molar-refractivity contribution in [3.63, 3.8) is 0 Å². The Morgan fingerprint density at radius 3 is 2.82 bits per heavy atom. The summed E-state index contributed by atoms with van der Waals surface area (Å²) in [7, 11) is 0. The van der Waals surface area contributed by atoms with Crippen molar-refractivity contribution in [2.75, 3.05) is 11.9 Å². The van der Waals surface area contributed by atoms with Gasteiger partial charge in [-0.3, -0.25) is 10.1 Å². The van der Waals surface area contributed by atoms with Crippen LogP contribution in [0.4, 0.5) is 15.8 Å². The summed E-state index contributed by atoms with van der Waals surface area (Å²) in [5.74, 6) is -0.643. The zero-order valence-corrected chi connectivity index (χ0v) is 9.52. The summed E-state index contributed by atoms with van der Waals surface area (Å²) in [6.07, 6.45) is 1.34. The molecule has 94 valence electrons. The first-order valence-electron chi connectivity index (χ1n) is 5.35. The SMILES string of the molecule is CC(CCCO)Nc1cc(F)cc([N+](=O)[O-])c1. The van der Waals surface area contributed by atoms with E-state index in [1.165, 1.54) is 12.1 Å². The average molecular weight is 242 g/mol. The lowest BCUT2D eigenvalue weighted by Gasteiger charge is -2.14. The lowest BCUT2D eigenvalue weighted by Crippen LogP contribution is -2.15. The van der Waals surface area contributed by atoms with Crippen LogP contribution >= 0.6 is 0 Å². The molecule has 0 aliphatic rings. The third kappa shape index (κ3) is 4.36. The molecule has 6 heteroatoms. The monoisotopic (exact) mass is 242 g/mol. The van der Waals surface area contributed by atoms with Gasteiger partial charge in [-0.2, -0.15) is 0 Å². The van der Waals surface area contributed by atoms with Gasteiger partial charge in [0, 0.05) is 24.4 Å². The summed E-state index contributed by atoms with van der Waals surface area (Å²) < 4.78 is 13.1. The van der Waals surface area contributed by atoms with Crippen molar-refractivity contribution < 1.29 is 14.4 Å². The fraction of sp³-hybridized carbons (Fsp3) is 0.455. The Morgan fingerprint density at radius 2 is 2.24 bits per heavy atom. The van der Waals surface area contributed by atoms with Crippen molar-refractivity contribution in [3.8, 4) is 0 Å². The van der Waals surface area contributed by atoms with Gasteiger partial charge in [0.2, 0.25) is 0 Å². The number of nitro benzene ring substituents is 1. The van der Waals surface area contributed by atoms with Crippen LogP contribution in [0.1, 0.15) is 19.8 Å². The largest absolute Gasteiger partial charge is 0.396 e. The number of benzene rings is 1. The fourth-order valence-corrected chi connectivity index (χ4v) is 1.52. The highest BCUT2D eigenvalue weighted by molar-refractivity contribution is 5.52. The van der Waals surface area contributed by atoms with Crippen LogP contribution in [0.2, 0.25) is 0 Å². The molecule has 0 heterocycles. The first-order valence-corrected chi connectivity index (χ1v) is 5.35. The molecule has 17 heavy (non-hydrogen) atoms. The molecule has 1 aromatic rings. The van der Waals surface area contributed by atoms with E-state index in [1.807, 2.05) is 6.92 Å². The molecule has 2 N–H and O–H groups in total. The molecule has 0 spiro atoms. The molecule has 0 radical (unpaired) electrons. The number of hydrogen-bond acceptors (Lipinski definition) is 4. The Balaban J connectivity index is 2.73. The molecule has 0 aliphatic heterocycles. The van der Waals surface area contributed by atoms with E-state index in [2.05, 4.69) is 5.32 Å². The molecule has 0 aromatic heterocycles. The molecule has 1 aromatic carbocycles. The summed E-state index contributed by atoms with van der Waals surface area (Å²) in [4.78, 5) is 9.91. The highest BCUT2D eigenvalue weighted by atomic mass is 19.1. The molecule has 1 rings (SSSR count). The van der Waals surface area contributed by atoms with Crippen LogP contribution in [0.5, 0.6) is 0 Å². The van der Waals surface area contributed by atoms with Crippen molar-refractivity contribution in [2.24, 2.45) is 0 Å². The number of nitrogens with zero attached hydrogens (tertiary/aromatic N) is 1. The summed E-state index contributed by atoms with van der Waals surface area (Å²) in [5.41, 5.74) is 0.101. The van der Waals surface area contributed by atoms with Crippen LogP contribution < -0.4 is 5.32 Å². The van der Waals surface area contributed by atoms with Gasteiger partial charge < -0.3 is 10.4 Å². The molecule has 0 saturated heterocycles. The van der Waals surface area contributed by atoms with Crippen molar-refractivity contribution in [2.45, 2.75) is 25.8 Å². The minimum absolute atomic E-state index is 0.0172. The van der Waals surface area contributed by atoms with Gasteiger partial charge in [-0.05, 0) is 25.8 Å². The number of halogens is 1. The Bertz CT molecular complexity index is 398. The second-order valence-corrected chi connectivity index (χ2v) is 3.87. The maximum atomic E-state index is 13.1. The molecule has 0 bridgehead atoms. The number of hydrogen-bond donors (Lipinski definition) is 2. The Kier molecular flexibility index (Phi) is 4.84.